The Labute approximate surface area is 191 Å². The molecule has 2 aromatic rings. The summed E-state index contributed by atoms with van der Waals surface area (Å²) < 4.78 is 21.2. The number of carbonyl (C=O) groups excluding carboxylic acids is 2. The van der Waals surface area contributed by atoms with Gasteiger partial charge in [-0.3, -0.25) is 9.59 Å². The zero-order valence-electron chi connectivity index (χ0n) is 18.7. The number of carbonyl (C=O) groups is 2. The minimum absolute atomic E-state index is 0.0595. The third-order valence-electron chi connectivity index (χ3n) is 5.35. The summed E-state index contributed by atoms with van der Waals surface area (Å²) in [5.74, 6) is -0.370. The molecule has 1 fully saturated rings. The van der Waals surface area contributed by atoms with Crippen molar-refractivity contribution in [2.75, 3.05) is 47.7 Å². The number of hydrogen-bond donors (Lipinski definition) is 2. The van der Waals surface area contributed by atoms with Crippen molar-refractivity contribution in [3.63, 3.8) is 0 Å². The molecule has 33 heavy (non-hydrogen) atoms. The van der Waals surface area contributed by atoms with Gasteiger partial charge in [0.25, 0.3) is 11.7 Å². The standard InChI is InChI=1S/C24H27NO8/c1-30-16-6-4-15(5-7-16)22(27)20-21(18-9-8-17(31-2)14-19(18)32-3)25(24(29)23(20)28)10-12-33-13-11-26/h4-9,14,21,26-27H,10-13H2,1-3H3/b22-20+. The molecule has 0 aromatic heterocycles. The van der Waals surface area contributed by atoms with Gasteiger partial charge in [-0.2, -0.15) is 0 Å². The molecule has 2 aromatic carbocycles. The smallest absolute Gasteiger partial charge is 0.295 e. The van der Waals surface area contributed by atoms with Crippen molar-refractivity contribution in [3.05, 3.63) is 59.2 Å². The zero-order valence-corrected chi connectivity index (χ0v) is 18.7. The molecule has 3 rings (SSSR count). The van der Waals surface area contributed by atoms with Crippen molar-refractivity contribution in [2.24, 2.45) is 0 Å². The molecule has 0 radical (unpaired) electrons. The van der Waals surface area contributed by atoms with Crippen molar-refractivity contribution in [1.29, 1.82) is 0 Å². The van der Waals surface area contributed by atoms with Gasteiger partial charge in [0.2, 0.25) is 0 Å². The third kappa shape index (κ3) is 4.94. The van der Waals surface area contributed by atoms with E-state index in [0.29, 0.717) is 28.4 Å². The maximum Gasteiger partial charge on any atom is 0.295 e. The number of ketones is 1. The van der Waals surface area contributed by atoms with Crippen LogP contribution in [0, 0.1) is 0 Å². The van der Waals surface area contributed by atoms with E-state index in [1.165, 1.54) is 26.2 Å². The number of methoxy groups -OCH3 is 3. The minimum atomic E-state index is -0.911. The highest BCUT2D eigenvalue weighted by Gasteiger charge is 2.47. The first-order valence-corrected chi connectivity index (χ1v) is 10.3. The van der Waals surface area contributed by atoms with Crippen LogP contribution in [0.3, 0.4) is 0 Å². The van der Waals surface area contributed by atoms with Crippen LogP contribution in [0.15, 0.2) is 48.0 Å². The Balaban J connectivity index is 2.13. The van der Waals surface area contributed by atoms with Crippen molar-refractivity contribution in [2.45, 2.75) is 6.04 Å². The van der Waals surface area contributed by atoms with Gasteiger partial charge in [0.05, 0.1) is 52.8 Å². The fraction of sp³-hybridized carbons (Fsp3) is 0.333. The van der Waals surface area contributed by atoms with E-state index in [0.717, 1.165) is 0 Å². The second kappa shape index (κ2) is 10.8. The fourth-order valence-electron chi connectivity index (χ4n) is 3.71. The predicted molar refractivity (Wildman–Crippen MR) is 119 cm³/mol. The molecule has 1 aliphatic heterocycles. The number of amides is 1. The summed E-state index contributed by atoms with van der Waals surface area (Å²) in [7, 11) is 4.51. The van der Waals surface area contributed by atoms with Gasteiger partial charge in [-0.1, -0.05) is 0 Å². The molecule has 1 amide bonds. The van der Waals surface area contributed by atoms with Crippen LogP contribution in [-0.4, -0.2) is 74.5 Å². The molecular weight excluding hydrogens is 430 g/mol. The Morgan fingerprint density at radius 1 is 0.939 bits per heavy atom. The molecule has 1 atom stereocenters. The Morgan fingerprint density at radius 2 is 1.61 bits per heavy atom. The van der Waals surface area contributed by atoms with Gasteiger partial charge in [0.1, 0.15) is 23.0 Å². The first-order valence-electron chi connectivity index (χ1n) is 10.3. The lowest BCUT2D eigenvalue weighted by Gasteiger charge is -2.26. The Morgan fingerprint density at radius 3 is 2.21 bits per heavy atom. The van der Waals surface area contributed by atoms with Gasteiger partial charge < -0.3 is 34.1 Å². The lowest BCUT2D eigenvalue weighted by atomic mass is 9.94. The van der Waals surface area contributed by atoms with E-state index in [9.17, 15) is 14.7 Å². The summed E-state index contributed by atoms with van der Waals surface area (Å²) in [5, 5.41) is 20.0. The fourth-order valence-corrected chi connectivity index (χ4v) is 3.71. The number of aliphatic hydroxyl groups is 2. The number of ether oxygens (including phenoxy) is 4. The number of nitrogens with zero attached hydrogens (tertiary/aromatic N) is 1. The normalized spacial score (nSPS) is 17.3. The molecule has 1 unspecified atom stereocenters. The number of likely N-dealkylation sites (tertiary alicyclic amines) is 1. The molecule has 0 saturated carbocycles. The highest BCUT2D eigenvalue weighted by Crippen LogP contribution is 2.43. The number of hydrogen-bond acceptors (Lipinski definition) is 8. The van der Waals surface area contributed by atoms with Crippen LogP contribution in [0.2, 0.25) is 0 Å². The van der Waals surface area contributed by atoms with Crippen LogP contribution in [0.5, 0.6) is 17.2 Å². The third-order valence-corrected chi connectivity index (χ3v) is 5.35. The van der Waals surface area contributed by atoms with Crippen LogP contribution in [0.1, 0.15) is 17.2 Å². The van der Waals surface area contributed by atoms with E-state index in [-0.39, 0.29) is 37.7 Å². The molecule has 1 saturated heterocycles. The molecule has 9 heteroatoms. The van der Waals surface area contributed by atoms with Gasteiger partial charge in [0.15, 0.2) is 0 Å². The monoisotopic (exact) mass is 457 g/mol. The van der Waals surface area contributed by atoms with Crippen molar-refractivity contribution >= 4 is 17.4 Å². The molecule has 1 heterocycles. The van der Waals surface area contributed by atoms with Crippen molar-refractivity contribution < 1.29 is 38.7 Å². The molecule has 2 N–H and O–H groups in total. The van der Waals surface area contributed by atoms with E-state index in [1.54, 1.807) is 42.5 Å². The summed E-state index contributed by atoms with van der Waals surface area (Å²) in [6.07, 6.45) is 0. The molecule has 176 valence electrons. The summed E-state index contributed by atoms with van der Waals surface area (Å²) in [4.78, 5) is 27.4. The Hall–Kier alpha value is -3.56. The molecule has 0 spiro atoms. The Kier molecular flexibility index (Phi) is 7.92. The predicted octanol–water partition coefficient (Wildman–Crippen LogP) is 2.14. The molecule has 1 aliphatic rings. The van der Waals surface area contributed by atoms with Gasteiger partial charge in [-0.05, 0) is 36.4 Å². The SMILES string of the molecule is COc1ccc(/C(O)=C2\C(=O)C(=O)N(CCOCCO)C2c2ccc(OC)cc2OC)cc1. The summed E-state index contributed by atoms with van der Waals surface area (Å²) in [6, 6.07) is 10.6. The molecule has 0 aliphatic carbocycles. The average molecular weight is 457 g/mol. The highest BCUT2D eigenvalue weighted by atomic mass is 16.5. The number of aliphatic hydroxyl groups excluding tert-OH is 2. The number of Topliss-reactive ketones (excluding diaryl/α,β-unsaturated/α-hetero) is 1. The topological polar surface area (TPSA) is 115 Å². The van der Waals surface area contributed by atoms with Crippen molar-refractivity contribution in [1.82, 2.24) is 4.90 Å². The lowest BCUT2D eigenvalue weighted by Crippen LogP contribution is -2.33. The average Bonchev–Trinajstić information content (AvgIpc) is 3.10. The second-order valence-corrected chi connectivity index (χ2v) is 7.16. The van der Waals surface area contributed by atoms with E-state index >= 15 is 0 Å². The van der Waals surface area contributed by atoms with E-state index < -0.39 is 17.7 Å². The molecule has 9 nitrogen and oxygen atoms in total. The quantitative estimate of drug-likeness (QED) is 0.241. The van der Waals surface area contributed by atoms with Crippen LogP contribution in [-0.2, 0) is 14.3 Å². The first-order chi connectivity index (χ1) is 16.0. The van der Waals surface area contributed by atoms with E-state index in [2.05, 4.69) is 0 Å². The lowest BCUT2D eigenvalue weighted by molar-refractivity contribution is -0.140. The van der Waals surface area contributed by atoms with Gasteiger partial charge in [-0.15, -0.1) is 0 Å². The number of rotatable bonds is 10. The van der Waals surface area contributed by atoms with Crippen LogP contribution < -0.4 is 14.2 Å². The largest absolute Gasteiger partial charge is 0.507 e. The van der Waals surface area contributed by atoms with Crippen molar-refractivity contribution in [3.8, 4) is 17.2 Å². The van der Waals surface area contributed by atoms with E-state index in [4.69, 9.17) is 24.1 Å². The highest BCUT2D eigenvalue weighted by molar-refractivity contribution is 6.46. The molecule has 0 bridgehead atoms. The molecular formula is C24H27NO8. The van der Waals surface area contributed by atoms with Crippen LogP contribution in [0.4, 0.5) is 0 Å². The van der Waals surface area contributed by atoms with Crippen LogP contribution in [0.25, 0.3) is 5.76 Å². The summed E-state index contributed by atoms with van der Waals surface area (Å²) in [6.45, 7) is 0.118. The summed E-state index contributed by atoms with van der Waals surface area (Å²) in [5.41, 5.74) is 0.813. The van der Waals surface area contributed by atoms with E-state index in [1.807, 2.05) is 0 Å². The maximum atomic E-state index is 13.1. The van der Waals surface area contributed by atoms with Gasteiger partial charge in [-0.25, -0.2) is 0 Å². The van der Waals surface area contributed by atoms with Crippen LogP contribution >= 0.6 is 0 Å². The summed E-state index contributed by atoms with van der Waals surface area (Å²) >= 11 is 0. The Bertz CT molecular complexity index is 1030. The zero-order chi connectivity index (χ0) is 24.0. The maximum absolute atomic E-state index is 13.1. The number of benzene rings is 2. The second-order valence-electron chi connectivity index (χ2n) is 7.16. The van der Waals surface area contributed by atoms with Gasteiger partial charge in [0, 0.05) is 23.7 Å². The first kappa shape index (κ1) is 24.1. The van der Waals surface area contributed by atoms with Gasteiger partial charge >= 0.3 is 0 Å². The minimum Gasteiger partial charge on any atom is -0.507 e.